The minimum Gasteiger partial charge on any atom is -0.384 e. The van der Waals surface area contributed by atoms with Gasteiger partial charge in [-0.25, -0.2) is 0 Å². The third kappa shape index (κ3) is 3.54. The van der Waals surface area contributed by atoms with Crippen LogP contribution >= 0.6 is 0 Å². The zero-order chi connectivity index (χ0) is 14.5. The maximum atomic E-state index is 12.3. The second-order valence-electron chi connectivity index (χ2n) is 5.62. The normalized spacial score (nSPS) is 21.6. The SMILES string of the molecule is O=C(NCCCN1CCOCC1)C1CNc2ccccc21. The maximum absolute atomic E-state index is 12.3. The molecule has 2 heterocycles. The molecule has 1 fully saturated rings. The van der Waals surface area contributed by atoms with Gasteiger partial charge in [0.1, 0.15) is 0 Å². The first-order chi connectivity index (χ1) is 10.3. The summed E-state index contributed by atoms with van der Waals surface area (Å²) in [5.41, 5.74) is 2.20. The van der Waals surface area contributed by atoms with Gasteiger partial charge in [0.15, 0.2) is 0 Å². The van der Waals surface area contributed by atoms with Gasteiger partial charge in [-0.1, -0.05) is 18.2 Å². The topological polar surface area (TPSA) is 53.6 Å². The highest BCUT2D eigenvalue weighted by Crippen LogP contribution is 2.30. The lowest BCUT2D eigenvalue weighted by Gasteiger charge is -2.26. The average molecular weight is 289 g/mol. The minimum atomic E-state index is -0.0513. The van der Waals surface area contributed by atoms with Crippen molar-refractivity contribution in [3.8, 4) is 0 Å². The van der Waals surface area contributed by atoms with Crippen LogP contribution in [0.5, 0.6) is 0 Å². The molecule has 0 spiro atoms. The number of anilines is 1. The second kappa shape index (κ2) is 6.91. The number of rotatable bonds is 5. The number of nitrogens with one attached hydrogen (secondary N) is 2. The molecule has 1 atom stereocenters. The van der Waals surface area contributed by atoms with Gasteiger partial charge in [-0.3, -0.25) is 9.69 Å². The van der Waals surface area contributed by atoms with E-state index in [1.165, 1.54) is 0 Å². The third-order valence-corrected chi connectivity index (χ3v) is 4.20. The fourth-order valence-corrected chi connectivity index (χ4v) is 2.98. The smallest absolute Gasteiger partial charge is 0.229 e. The van der Waals surface area contributed by atoms with Gasteiger partial charge in [-0.05, 0) is 24.6 Å². The number of hydrogen-bond donors (Lipinski definition) is 2. The predicted molar refractivity (Wildman–Crippen MR) is 82.6 cm³/mol. The van der Waals surface area contributed by atoms with E-state index < -0.39 is 0 Å². The molecule has 0 aliphatic carbocycles. The largest absolute Gasteiger partial charge is 0.384 e. The summed E-state index contributed by atoms with van der Waals surface area (Å²) in [5.74, 6) is 0.0824. The molecule has 0 radical (unpaired) electrons. The van der Waals surface area contributed by atoms with Crippen LogP contribution in [-0.2, 0) is 9.53 Å². The van der Waals surface area contributed by atoms with Gasteiger partial charge in [-0.15, -0.1) is 0 Å². The summed E-state index contributed by atoms with van der Waals surface area (Å²) < 4.78 is 5.33. The van der Waals surface area contributed by atoms with E-state index in [0.29, 0.717) is 6.54 Å². The zero-order valence-electron chi connectivity index (χ0n) is 12.3. The summed E-state index contributed by atoms with van der Waals surface area (Å²) in [6.45, 7) is 6.15. The molecular weight excluding hydrogens is 266 g/mol. The molecule has 114 valence electrons. The molecular formula is C16H23N3O2. The van der Waals surface area contributed by atoms with Crippen LogP contribution < -0.4 is 10.6 Å². The van der Waals surface area contributed by atoms with Crippen molar-refractivity contribution in [1.82, 2.24) is 10.2 Å². The number of hydrogen-bond acceptors (Lipinski definition) is 4. The molecule has 1 amide bonds. The molecule has 2 aliphatic rings. The molecule has 0 aromatic heterocycles. The Hall–Kier alpha value is -1.59. The van der Waals surface area contributed by atoms with Crippen LogP contribution in [0.3, 0.4) is 0 Å². The van der Waals surface area contributed by atoms with Crippen molar-refractivity contribution in [2.24, 2.45) is 0 Å². The molecule has 2 aliphatic heterocycles. The van der Waals surface area contributed by atoms with E-state index in [1.54, 1.807) is 0 Å². The quantitative estimate of drug-likeness (QED) is 0.795. The van der Waals surface area contributed by atoms with Crippen LogP contribution in [0.4, 0.5) is 5.69 Å². The number of nitrogens with zero attached hydrogens (tertiary/aromatic N) is 1. The first-order valence-corrected chi connectivity index (χ1v) is 7.75. The molecule has 2 N–H and O–H groups in total. The Kier molecular flexibility index (Phi) is 4.72. The van der Waals surface area contributed by atoms with Gasteiger partial charge < -0.3 is 15.4 Å². The number of ether oxygens (including phenoxy) is 1. The second-order valence-corrected chi connectivity index (χ2v) is 5.62. The molecule has 3 rings (SSSR count). The standard InChI is InChI=1S/C16H23N3O2/c20-16(14-12-18-15-5-2-1-4-13(14)15)17-6-3-7-19-8-10-21-11-9-19/h1-2,4-5,14,18H,3,6-12H2,(H,17,20). The Balaban J connectivity index is 1.41. The van der Waals surface area contributed by atoms with Crippen molar-refractivity contribution in [3.05, 3.63) is 29.8 Å². The third-order valence-electron chi connectivity index (χ3n) is 4.20. The number of carbonyl (C=O) groups excluding carboxylic acids is 1. The van der Waals surface area contributed by atoms with E-state index in [-0.39, 0.29) is 11.8 Å². The molecule has 0 bridgehead atoms. The Morgan fingerprint density at radius 2 is 2.14 bits per heavy atom. The summed E-state index contributed by atoms with van der Waals surface area (Å²) in [4.78, 5) is 14.7. The highest BCUT2D eigenvalue weighted by molar-refractivity contribution is 5.88. The van der Waals surface area contributed by atoms with Crippen molar-refractivity contribution in [2.75, 3.05) is 51.3 Å². The number of carbonyl (C=O) groups is 1. The average Bonchev–Trinajstić information content (AvgIpc) is 2.96. The van der Waals surface area contributed by atoms with Gasteiger partial charge in [0.25, 0.3) is 0 Å². The van der Waals surface area contributed by atoms with Crippen molar-refractivity contribution >= 4 is 11.6 Å². The Morgan fingerprint density at radius 1 is 1.33 bits per heavy atom. The van der Waals surface area contributed by atoms with Gasteiger partial charge >= 0.3 is 0 Å². The van der Waals surface area contributed by atoms with Crippen LogP contribution in [0.25, 0.3) is 0 Å². The molecule has 1 unspecified atom stereocenters. The number of para-hydroxylation sites is 1. The monoisotopic (exact) mass is 289 g/mol. The number of morpholine rings is 1. The van der Waals surface area contributed by atoms with Crippen molar-refractivity contribution in [1.29, 1.82) is 0 Å². The molecule has 1 aromatic rings. The first-order valence-electron chi connectivity index (χ1n) is 7.75. The Bertz CT molecular complexity index is 486. The zero-order valence-corrected chi connectivity index (χ0v) is 12.3. The minimum absolute atomic E-state index is 0.0513. The van der Waals surface area contributed by atoms with Crippen molar-refractivity contribution < 1.29 is 9.53 Å². The number of benzene rings is 1. The molecule has 5 nitrogen and oxygen atoms in total. The van der Waals surface area contributed by atoms with Crippen molar-refractivity contribution in [3.63, 3.8) is 0 Å². The summed E-state index contributed by atoms with van der Waals surface area (Å²) in [5, 5.41) is 6.36. The Morgan fingerprint density at radius 3 is 3.00 bits per heavy atom. The van der Waals surface area contributed by atoms with Crippen LogP contribution in [0, 0.1) is 0 Å². The van der Waals surface area contributed by atoms with Crippen LogP contribution in [0.1, 0.15) is 17.9 Å². The highest BCUT2D eigenvalue weighted by Gasteiger charge is 2.27. The molecule has 5 heteroatoms. The van der Waals surface area contributed by atoms with Crippen molar-refractivity contribution in [2.45, 2.75) is 12.3 Å². The summed E-state index contributed by atoms with van der Waals surface area (Å²) in [7, 11) is 0. The number of amides is 1. The summed E-state index contributed by atoms with van der Waals surface area (Å²) >= 11 is 0. The van der Waals surface area contributed by atoms with Crippen LogP contribution in [0.2, 0.25) is 0 Å². The lowest BCUT2D eigenvalue weighted by Crippen LogP contribution is -2.38. The van der Waals surface area contributed by atoms with Gasteiger partial charge in [0, 0.05) is 31.9 Å². The van der Waals surface area contributed by atoms with Crippen LogP contribution in [-0.4, -0.2) is 56.7 Å². The first kappa shape index (κ1) is 14.4. The lowest BCUT2D eigenvalue weighted by atomic mass is 10.0. The van der Waals surface area contributed by atoms with E-state index in [1.807, 2.05) is 24.3 Å². The van der Waals surface area contributed by atoms with E-state index >= 15 is 0 Å². The summed E-state index contributed by atoms with van der Waals surface area (Å²) in [6.07, 6.45) is 0.994. The number of fused-ring (bicyclic) bond motifs is 1. The van der Waals surface area contributed by atoms with Crippen LogP contribution in [0.15, 0.2) is 24.3 Å². The highest BCUT2D eigenvalue weighted by atomic mass is 16.5. The molecule has 0 saturated carbocycles. The predicted octanol–water partition coefficient (Wildman–Crippen LogP) is 1.03. The molecule has 21 heavy (non-hydrogen) atoms. The molecule has 1 aromatic carbocycles. The van der Waals surface area contributed by atoms with E-state index in [9.17, 15) is 4.79 Å². The Labute approximate surface area is 125 Å². The van der Waals surface area contributed by atoms with Gasteiger partial charge in [0.05, 0.1) is 19.1 Å². The fraction of sp³-hybridized carbons (Fsp3) is 0.562. The van der Waals surface area contributed by atoms with E-state index in [2.05, 4.69) is 15.5 Å². The van der Waals surface area contributed by atoms with E-state index in [0.717, 1.165) is 57.1 Å². The van der Waals surface area contributed by atoms with Gasteiger partial charge in [0.2, 0.25) is 5.91 Å². The van der Waals surface area contributed by atoms with E-state index in [4.69, 9.17) is 4.74 Å². The maximum Gasteiger partial charge on any atom is 0.229 e. The van der Waals surface area contributed by atoms with Gasteiger partial charge in [-0.2, -0.15) is 0 Å². The lowest BCUT2D eigenvalue weighted by molar-refractivity contribution is -0.122. The molecule has 1 saturated heterocycles. The summed E-state index contributed by atoms with van der Waals surface area (Å²) in [6, 6.07) is 8.05. The fourth-order valence-electron chi connectivity index (χ4n) is 2.98.